The van der Waals surface area contributed by atoms with Gasteiger partial charge in [-0.25, -0.2) is 4.98 Å². The van der Waals surface area contributed by atoms with E-state index in [2.05, 4.69) is 34.3 Å². The van der Waals surface area contributed by atoms with Crippen LogP contribution in [0.5, 0.6) is 11.8 Å². The highest BCUT2D eigenvalue weighted by Crippen LogP contribution is 2.21. The second-order valence-electron chi connectivity index (χ2n) is 4.59. The molecule has 0 fully saturated rings. The van der Waals surface area contributed by atoms with Crippen LogP contribution in [-0.2, 0) is 0 Å². The van der Waals surface area contributed by atoms with Gasteiger partial charge in [0.15, 0.2) is 0 Å². The van der Waals surface area contributed by atoms with E-state index in [4.69, 9.17) is 4.74 Å². The van der Waals surface area contributed by atoms with Gasteiger partial charge in [0.25, 0.3) is 0 Å². The van der Waals surface area contributed by atoms with E-state index in [-0.39, 0.29) is 6.04 Å². The van der Waals surface area contributed by atoms with E-state index < -0.39 is 0 Å². The average molecular weight is 260 g/mol. The molecule has 0 aliphatic heterocycles. The Balaban J connectivity index is 2.06. The molecule has 2 N–H and O–H groups in total. The smallest absolute Gasteiger partial charge is 0.240 e. The molecule has 1 atom stereocenters. The number of rotatable bonds is 6. The summed E-state index contributed by atoms with van der Waals surface area (Å²) in [6.07, 6.45) is 2.87. The van der Waals surface area contributed by atoms with E-state index in [1.54, 1.807) is 6.20 Å². The lowest BCUT2D eigenvalue weighted by atomic mass is 10.1. The lowest BCUT2D eigenvalue weighted by Gasteiger charge is -2.13. The van der Waals surface area contributed by atoms with Crippen molar-refractivity contribution in [2.24, 2.45) is 0 Å². The molecule has 0 amide bonds. The summed E-state index contributed by atoms with van der Waals surface area (Å²) in [4.78, 5) is 4.20. The first-order valence-electron chi connectivity index (χ1n) is 6.58. The normalized spacial score (nSPS) is 12.4. The Kier molecular flexibility index (Phi) is 4.52. The zero-order valence-electron chi connectivity index (χ0n) is 11.6. The van der Waals surface area contributed by atoms with Crippen LogP contribution in [-0.4, -0.2) is 21.7 Å². The topological polar surface area (TPSA) is 62.8 Å². The molecule has 0 aliphatic rings. The van der Waals surface area contributed by atoms with Gasteiger partial charge in [-0.15, -0.1) is 5.10 Å². The van der Waals surface area contributed by atoms with Crippen molar-refractivity contribution in [1.82, 2.24) is 20.5 Å². The van der Waals surface area contributed by atoms with Crippen LogP contribution < -0.4 is 10.1 Å². The molecule has 5 nitrogen and oxygen atoms in total. The third-order valence-electron chi connectivity index (χ3n) is 2.85. The molecule has 0 saturated carbocycles. The van der Waals surface area contributed by atoms with Crippen LogP contribution in [0.4, 0.5) is 0 Å². The first kappa shape index (κ1) is 13.5. The summed E-state index contributed by atoms with van der Waals surface area (Å²) >= 11 is 0. The third kappa shape index (κ3) is 3.79. The molecule has 102 valence electrons. The Morgan fingerprint density at radius 2 is 2.21 bits per heavy atom. The Morgan fingerprint density at radius 1 is 1.37 bits per heavy atom. The fourth-order valence-corrected chi connectivity index (χ4v) is 1.78. The molecule has 0 aromatic carbocycles. The Bertz CT molecular complexity index is 524. The molecule has 2 aromatic heterocycles. The van der Waals surface area contributed by atoms with Crippen LogP contribution >= 0.6 is 0 Å². The summed E-state index contributed by atoms with van der Waals surface area (Å²) in [6, 6.07) is 6.06. The minimum absolute atomic E-state index is 0.284. The summed E-state index contributed by atoms with van der Waals surface area (Å²) in [5.41, 5.74) is 2.12. The molecule has 19 heavy (non-hydrogen) atoms. The standard InChI is InChI=1S/C14H20N4O/c1-4-6-15-11(3)12-5-7-16-13(9-12)19-14-8-10(2)17-18-14/h5,7-9,11,15H,4,6H2,1-3H3,(H,17,18). The van der Waals surface area contributed by atoms with Gasteiger partial charge in [0, 0.05) is 30.1 Å². The van der Waals surface area contributed by atoms with Gasteiger partial charge in [-0.05, 0) is 38.4 Å². The number of nitrogens with zero attached hydrogens (tertiary/aromatic N) is 2. The van der Waals surface area contributed by atoms with Crippen molar-refractivity contribution in [3.05, 3.63) is 35.7 Å². The van der Waals surface area contributed by atoms with Crippen LogP contribution in [0.15, 0.2) is 24.4 Å². The Labute approximate surface area is 113 Å². The van der Waals surface area contributed by atoms with E-state index in [1.165, 1.54) is 0 Å². The van der Waals surface area contributed by atoms with Gasteiger partial charge in [-0.2, -0.15) is 0 Å². The SMILES string of the molecule is CCCNC(C)c1ccnc(Oc2cc(C)[nH]n2)c1. The summed E-state index contributed by atoms with van der Waals surface area (Å²) in [5.74, 6) is 1.10. The largest absolute Gasteiger partial charge is 0.419 e. The van der Waals surface area contributed by atoms with Crippen molar-refractivity contribution in [3.8, 4) is 11.8 Å². The lowest BCUT2D eigenvalue weighted by Crippen LogP contribution is -2.19. The summed E-state index contributed by atoms with van der Waals surface area (Å²) in [6.45, 7) is 7.22. The first-order chi connectivity index (χ1) is 9.19. The third-order valence-corrected chi connectivity index (χ3v) is 2.85. The fraction of sp³-hybridized carbons (Fsp3) is 0.429. The number of hydrogen-bond acceptors (Lipinski definition) is 4. The quantitative estimate of drug-likeness (QED) is 0.838. The lowest BCUT2D eigenvalue weighted by molar-refractivity contribution is 0.441. The van der Waals surface area contributed by atoms with Crippen molar-refractivity contribution in [1.29, 1.82) is 0 Å². The average Bonchev–Trinajstić information content (AvgIpc) is 2.81. The van der Waals surface area contributed by atoms with Gasteiger partial charge in [0.2, 0.25) is 11.8 Å². The van der Waals surface area contributed by atoms with E-state index >= 15 is 0 Å². The number of H-pyrrole nitrogens is 1. The van der Waals surface area contributed by atoms with E-state index in [0.717, 1.165) is 24.2 Å². The minimum Gasteiger partial charge on any atom is -0.419 e. The van der Waals surface area contributed by atoms with Gasteiger partial charge in [0.1, 0.15) is 0 Å². The van der Waals surface area contributed by atoms with Gasteiger partial charge in [-0.1, -0.05) is 6.92 Å². The minimum atomic E-state index is 0.284. The molecule has 2 aromatic rings. The molecular formula is C14H20N4O. The van der Waals surface area contributed by atoms with Crippen molar-refractivity contribution in [2.75, 3.05) is 6.54 Å². The van der Waals surface area contributed by atoms with Crippen LogP contribution in [0, 0.1) is 6.92 Å². The zero-order chi connectivity index (χ0) is 13.7. The molecule has 5 heteroatoms. The highest BCUT2D eigenvalue weighted by molar-refractivity contribution is 5.26. The molecule has 0 bridgehead atoms. The summed E-state index contributed by atoms with van der Waals surface area (Å²) in [7, 11) is 0. The Morgan fingerprint density at radius 3 is 2.89 bits per heavy atom. The van der Waals surface area contributed by atoms with Gasteiger partial charge < -0.3 is 10.1 Å². The maximum absolute atomic E-state index is 5.61. The molecule has 0 saturated heterocycles. The van der Waals surface area contributed by atoms with Gasteiger partial charge in [0.05, 0.1) is 0 Å². The maximum Gasteiger partial charge on any atom is 0.240 e. The predicted molar refractivity (Wildman–Crippen MR) is 74.3 cm³/mol. The molecule has 2 rings (SSSR count). The van der Waals surface area contributed by atoms with Crippen LogP contribution in [0.2, 0.25) is 0 Å². The summed E-state index contributed by atoms with van der Waals surface area (Å²) in [5, 5.41) is 10.3. The molecule has 1 unspecified atom stereocenters. The summed E-state index contributed by atoms with van der Waals surface area (Å²) < 4.78 is 5.61. The molecular weight excluding hydrogens is 240 g/mol. The van der Waals surface area contributed by atoms with Crippen molar-refractivity contribution < 1.29 is 4.74 Å². The zero-order valence-corrected chi connectivity index (χ0v) is 11.6. The molecule has 0 radical (unpaired) electrons. The van der Waals surface area contributed by atoms with Crippen LogP contribution in [0.25, 0.3) is 0 Å². The molecule has 0 spiro atoms. The van der Waals surface area contributed by atoms with E-state index in [0.29, 0.717) is 11.8 Å². The number of ether oxygens (including phenoxy) is 1. The molecule has 0 aliphatic carbocycles. The van der Waals surface area contributed by atoms with E-state index in [9.17, 15) is 0 Å². The van der Waals surface area contributed by atoms with Crippen molar-refractivity contribution >= 4 is 0 Å². The van der Waals surface area contributed by atoms with Crippen molar-refractivity contribution in [2.45, 2.75) is 33.2 Å². The number of aromatic amines is 1. The second-order valence-corrected chi connectivity index (χ2v) is 4.59. The van der Waals surface area contributed by atoms with Crippen LogP contribution in [0.1, 0.15) is 37.6 Å². The predicted octanol–water partition coefficient (Wildman–Crippen LogP) is 2.97. The molecule has 2 heterocycles. The van der Waals surface area contributed by atoms with Gasteiger partial charge >= 0.3 is 0 Å². The van der Waals surface area contributed by atoms with E-state index in [1.807, 2.05) is 25.1 Å². The second kappa shape index (κ2) is 6.33. The number of aryl methyl sites for hydroxylation is 1. The maximum atomic E-state index is 5.61. The first-order valence-corrected chi connectivity index (χ1v) is 6.58. The highest BCUT2D eigenvalue weighted by atomic mass is 16.5. The number of hydrogen-bond donors (Lipinski definition) is 2. The van der Waals surface area contributed by atoms with Crippen molar-refractivity contribution in [3.63, 3.8) is 0 Å². The fourth-order valence-electron chi connectivity index (χ4n) is 1.78. The van der Waals surface area contributed by atoms with Crippen LogP contribution in [0.3, 0.4) is 0 Å². The number of aromatic nitrogens is 3. The Hall–Kier alpha value is -1.88. The highest BCUT2D eigenvalue weighted by Gasteiger charge is 2.07. The number of pyridine rings is 1. The monoisotopic (exact) mass is 260 g/mol. The van der Waals surface area contributed by atoms with Gasteiger partial charge in [-0.3, -0.25) is 5.10 Å². The number of nitrogens with one attached hydrogen (secondary N) is 2.